The molecule has 0 fully saturated rings. The number of carbonyl (C=O) groups is 1. The highest BCUT2D eigenvalue weighted by Gasteiger charge is 2.33. The number of benzene rings is 1. The summed E-state index contributed by atoms with van der Waals surface area (Å²) in [4.78, 5) is 14.7. The van der Waals surface area contributed by atoms with E-state index in [0.29, 0.717) is 5.69 Å². The maximum Gasteiger partial charge on any atom is 0.280 e. The van der Waals surface area contributed by atoms with Crippen molar-refractivity contribution >= 4 is 27.5 Å². The molecule has 0 spiro atoms. The molecule has 0 unspecified atom stereocenters. The van der Waals surface area contributed by atoms with Gasteiger partial charge in [0.25, 0.3) is 5.91 Å². The molecule has 0 bridgehead atoms. The molecule has 0 N–H and O–H groups in total. The van der Waals surface area contributed by atoms with Gasteiger partial charge in [0, 0.05) is 18.8 Å². The Bertz CT molecular complexity index is 692. The lowest BCUT2D eigenvalue weighted by Crippen LogP contribution is -2.36. The number of aromatic nitrogens is 2. The number of hydrogen-bond donors (Lipinski definition) is 0. The van der Waals surface area contributed by atoms with E-state index in [0.717, 1.165) is 22.3 Å². The lowest BCUT2D eigenvalue weighted by molar-refractivity contribution is 0.0975. The van der Waals surface area contributed by atoms with Gasteiger partial charge in [-0.3, -0.25) is 9.48 Å². The molecule has 1 amide bonds. The summed E-state index contributed by atoms with van der Waals surface area (Å²) in [6.07, 6.45) is 0.894. The third kappa shape index (κ3) is 1.88. The number of nitrogens with zero attached hydrogens (tertiary/aromatic N) is 3. The predicted octanol–water partition coefficient (Wildman–Crippen LogP) is 3.08. The predicted molar refractivity (Wildman–Crippen MR) is 82.1 cm³/mol. The first-order valence-electron chi connectivity index (χ1n) is 6.61. The summed E-state index contributed by atoms with van der Waals surface area (Å²) in [6, 6.07) is 8.23. The van der Waals surface area contributed by atoms with Gasteiger partial charge < -0.3 is 4.90 Å². The first-order valence-corrected chi connectivity index (χ1v) is 7.40. The van der Waals surface area contributed by atoms with Crippen LogP contribution in [0.4, 0.5) is 5.69 Å². The summed E-state index contributed by atoms with van der Waals surface area (Å²) in [7, 11) is 1.85. The molecule has 3 rings (SSSR count). The molecule has 5 heteroatoms. The molecule has 0 saturated heterocycles. The van der Waals surface area contributed by atoms with Crippen LogP contribution in [-0.4, -0.2) is 21.7 Å². The van der Waals surface area contributed by atoms with E-state index < -0.39 is 0 Å². The van der Waals surface area contributed by atoms with E-state index in [1.807, 2.05) is 37.1 Å². The van der Waals surface area contributed by atoms with Crippen LogP contribution >= 0.6 is 15.9 Å². The third-order valence-electron chi connectivity index (χ3n) is 3.89. The van der Waals surface area contributed by atoms with Crippen molar-refractivity contribution in [2.24, 2.45) is 7.05 Å². The zero-order chi connectivity index (χ0) is 14.4. The minimum Gasteiger partial charge on any atom is -0.304 e. The van der Waals surface area contributed by atoms with E-state index in [2.05, 4.69) is 34.0 Å². The van der Waals surface area contributed by atoms with Crippen molar-refractivity contribution in [1.82, 2.24) is 9.78 Å². The molecule has 0 aliphatic carbocycles. The van der Waals surface area contributed by atoms with Gasteiger partial charge in [-0.15, -0.1) is 0 Å². The van der Waals surface area contributed by atoms with Gasteiger partial charge in [0.15, 0.2) is 5.69 Å². The van der Waals surface area contributed by atoms with Crippen molar-refractivity contribution in [3.63, 3.8) is 0 Å². The van der Waals surface area contributed by atoms with Crippen LogP contribution in [0.25, 0.3) is 0 Å². The molecule has 1 aromatic carbocycles. The van der Waals surface area contributed by atoms with Crippen molar-refractivity contribution in [2.75, 3.05) is 4.90 Å². The molecule has 20 heavy (non-hydrogen) atoms. The number of aryl methyl sites for hydroxylation is 1. The van der Waals surface area contributed by atoms with Crippen LogP contribution in [0.1, 0.15) is 28.7 Å². The zero-order valence-electron chi connectivity index (χ0n) is 11.7. The Morgan fingerprint density at radius 3 is 2.75 bits per heavy atom. The molecule has 2 heterocycles. The van der Waals surface area contributed by atoms with Gasteiger partial charge in [0.2, 0.25) is 0 Å². The molecule has 0 saturated carbocycles. The average molecular weight is 334 g/mol. The molecule has 1 aliphatic heterocycles. The summed E-state index contributed by atoms with van der Waals surface area (Å²) >= 11 is 3.48. The average Bonchev–Trinajstić information content (AvgIpc) is 2.89. The number of para-hydroxylation sites is 1. The van der Waals surface area contributed by atoms with Crippen LogP contribution in [0.15, 0.2) is 28.7 Å². The lowest BCUT2D eigenvalue weighted by atomic mass is 10.1. The van der Waals surface area contributed by atoms with Crippen molar-refractivity contribution in [3.05, 3.63) is 45.7 Å². The summed E-state index contributed by atoms with van der Waals surface area (Å²) in [5.74, 6) is -0.0435. The second-order valence-corrected chi connectivity index (χ2v) is 6.02. The van der Waals surface area contributed by atoms with Crippen LogP contribution in [0.5, 0.6) is 0 Å². The van der Waals surface area contributed by atoms with Crippen LogP contribution in [0.2, 0.25) is 0 Å². The number of fused-ring (bicyclic) bond motifs is 1. The van der Waals surface area contributed by atoms with Gasteiger partial charge in [0.1, 0.15) is 0 Å². The third-order valence-corrected chi connectivity index (χ3v) is 4.84. The Balaban J connectivity index is 2.05. The molecule has 2 aromatic rings. The standard InChI is InChI=1S/C15H16BrN3O/c1-9-8-11-6-4-5-7-12(11)19(9)15(20)14-13(16)10(2)18(3)17-14/h4-7,9H,8H2,1-3H3/t9-/m1/s1. The number of carbonyl (C=O) groups excluding carboxylic acids is 1. The van der Waals surface area contributed by atoms with Crippen LogP contribution in [0, 0.1) is 6.92 Å². The molecule has 1 aliphatic rings. The number of amides is 1. The maximum absolute atomic E-state index is 12.8. The Morgan fingerprint density at radius 2 is 2.10 bits per heavy atom. The Kier molecular flexibility index (Phi) is 3.17. The van der Waals surface area contributed by atoms with Crippen molar-refractivity contribution in [2.45, 2.75) is 26.3 Å². The van der Waals surface area contributed by atoms with E-state index in [4.69, 9.17) is 0 Å². The molecule has 0 radical (unpaired) electrons. The maximum atomic E-state index is 12.8. The molecular formula is C15H16BrN3O. The Morgan fingerprint density at radius 1 is 1.40 bits per heavy atom. The topological polar surface area (TPSA) is 38.1 Å². The Labute approximate surface area is 126 Å². The van der Waals surface area contributed by atoms with Crippen LogP contribution in [0.3, 0.4) is 0 Å². The quantitative estimate of drug-likeness (QED) is 0.804. The normalized spacial score (nSPS) is 17.4. The Hall–Kier alpha value is -1.62. The number of halogens is 1. The van der Waals surface area contributed by atoms with Crippen LogP contribution in [-0.2, 0) is 13.5 Å². The summed E-state index contributed by atoms with van der Waals surface area (Å²) in [5, 5.41) is 4.34. The fourth-order valence-corrected chi connectivity index (χ4v) is 3.21. The minimum atomic E-state index is -0.0435. The molecule has 104 valence electrons. The van der Waals surface area contributed by atoms with E-state index in [1.54, 1.807) is 4.68 Å². The first kappa shape index (κ1) is 13.4. The largest absolute Gasteiger partial charge is 0.304 e. The number of hydrogen-bond acceptors (Lipinski definition) is 2. The SMILES string of the molecule is Cc1c(Br)c(C(=O)N2c3ccccc3C[C@H]2C)nn1C. The van der Waals surface area contributed by atoms with Gasteiger partial charge >= 0.3 is 0 Å². The van der Waals surface area contributed by atoms with Crippen LogP contribution < -0.4 is 4.90 Å². The van der Waals surface area contributed by atoms with Gasteiger partial charge in [0.05, 0.1) is 10.2 Å². The highest BCUT2D eigenvalue weighted by Crippen LogP contribution is 2.34. The summed E-state index contributed by atoms with van der Waals surface area (Å²) in [6.45, 7) is 4.01. The molecule has 4 nitrogen and oxygen atoms in total. The fourth-order valence-electron chi connectivity index (χ4n) is 2.71. The smallest absolute Gasteiger partial charge is 0.280 e. The van der Waals surface area contributed by atoms with Gasteiger partial charge in [-0.25, -0.2) is 0 Å². The lowest BCUT2D eigenvalue weighted by Gasteiger charge is -2.21. The minimum absolute atomic E-state index is 0.0435. The number of anilines is 1. The first-order chi connectivity index (χ1) is 9.50. The molecule has 1 aromatic heterocycles. The van der Waals surface area contributed by atoms with E-state index >= 15 is 0 Å². The monoisotopic (exact) mass is 333 g/mol. The van der Waals surface area contributed by atoms with E-state index in [-0.39, 0.29) is 11.9 Å². The molecular weight excluding hydrogens is 318 g/mol. The highest BCUT2D eigenvalue weighted by molar-refractivity contribution is 9.10. The highest BCUT2D eigenvalue weighted by atomic mass is 79.9. The number of rotatable bonds is 1. The van der Waals surface area contributed by atoms with E-state index in [9.17, 15) is 4.79 Å². The summed E-state index contributed by atoms with van der Waals surface area (Å²) in [5.41, 5.74) is 3.65. The molecule has 1 atom stereocenters. The van der Waals surface area contributed by atoms with Gasteiger partial charge in [-0.05, 0) is 47.8 Å². The van der Waals surface area contributed by atoms with Crippen molar-refractivity contribution in [3.8, 4) is 0 Å². The summed E-state index contributed by atoms with van der Waals surface area (Å²) < 4.78 is 2.51. The van der Waals surface area contributed by atoms with Crippen molar-refractivity contribution < 1.29 is 4.79 Å². The second-order valence-electron chi connectivity index (χ2n) is 5.23. The second kappa shape index (κ2) is 4.74. The van der Waals surface area contributed by atoms with E-state index in [1.165, 1.54) is 5.56 Å². The fraction of sp³-hybridized carbons (Fsp3) is 0.333. The zero-order valence-corrected chi connectivity index (χ0v) is 13.3. The van der Waals surface area contributed by atoms with Gasteiger partial charge in [-0.2, -0.15) is 5.10 Å². The van der Waals surface area contributed by atoms with Crippen molar-refractivity contribution in [1.29, 1.82) is 0 Å². The van der Waals surface area contributed by atoms with Gasteiger partial charge in [-0.1, -0.05) is 18.2 Å².